The van der Waals surface area contributed by atoms with Crippen molar-refractivity contribution in [3.05, 3.63) is 38.3 Å². The quantitative estimate of drug-likeness (QED) is 0.628. The first kappa shape index (κ1) is 16.4. The Morgan fingerprint density at radius 2 is 2.29 bits per heavy atom. The predicted octanol–water partition coefficient (Wildman–Crippen LogP) is 3.32. The number of hydrogen-bond acceptors (Lipinski definition) is 4. The molecule has 1 aliphatic rings. The molecule has 21 heavy (non-hydrogen) atoms. The third kappa shape index (κ3) is 4.25. The first-order valence-electron chi connectivity index (χ1n) is 7.50. The monoisotopic (exact) mass is 355 g/mol. The molecule has 6 heteroatoms. The van der Waals surface area contributed by atoms with Crippen LogP contribution in [0.3, 0.4) is 0 Å². The Bertz CT molecular complexity index is 496. The summed E-state index contributed by atoms with van der Waals surface area (Å²) in [7, 11) is 0. The summed E-state index contributed by atoms with van der Waals surface area (Å²) < 4.78 is 0.614. The molecule has 1 unspecified atom stereocenters. The summed E-state index contributed by atoms with van der Waals surface area (Å²) in [4.78, 5) is 13.1. The lowest BCUT2D eigenvalue weighted by Crippen LogP contribution is -2.45. The number of nitrogens with zero attached hydrogens (tertiary/aromatic N) is 2. The van der Waals surface area contributed by atoms with Crippen molar-refractivity contribution in [3.8, 4) is 0 Å². The zero-order valence-electron chi connectivity index (χ0n) is 12.3. The number of nitro benzene ring substituents is 1. The van der Waals surface area contributed by atoms with E-state index < -0.39 is 0 Å². The molecule has 0 amide bonds. The van der Waals surface area contributed by atoms with Crippen LogP contribution < -0.4 is 5.32 Å². The summed E-state index contributed by atoms with van der Waals surface area (Å²) in [6.07, 6.45) is 3.66. The van der Waals surface area contributed by atoms with Crippen LogP contribution in [0.5, 0.6) is 0 Å². The second kappa shape index (κ2) is 7.87. The molecule has 1 heterocycles. The van der Waals surface area contributed by atoms with Crippen molar-refractivity contribution >= 4 is 21.6 Å². The maximum absolute atomic E-state index is 11.0. The Morgan fingerprint density at radius 1 is 1.48 bits per heavy atom. The molecule has 2 rings (SSSR count). The predicted molar refractivity (Wildman–Crippen MR) is 87.4 cm³/mol. The minimum atomic E-state index is -0.333. The van der Waals surface area contributed by atoms with Crippen LogP contribution in [0.2, 0.25) is 0 Å². The summed E-state index contributed by atoms with van der Waals surface area (Å²) in [5.41, 5.74) is 1.14. The summed E-state index contributed by atoms with van der Waals surface area (Å²) in [5, 5.41) is 14.4. The molecule has 0 aromatic heterocycles. The fourth-order valence-electron chi connectivity index (χ4n) is 2.86. The lowest BCUT2D eigenvalue weighted by molar-refractivity contribution is -0.385. The lowest BCUT2D eigenvalue weighted by atomic mass is 10.0. The number of likely N-dealkylation sites (N-methyl/N-ethyl adjacent to an activating group) is 1. The van der Waals surface area contributed by atoms with E-state index in [0.717, 1.165) is 31.7 Å². The first-order chi connectivity index (χ1) is 10.1. The Balaban J connectivity index is 2.11. The smallest absolute Gasteiger partial charge is 0.283 e. The van der Waals surface area contributed by atoms with Crippen molar-refractivity contribution in [2.75, 3.05) is 19.6 Å². The largest absolute Gasteiger partial charge is 0.315 e. The van der Waals surface area contributed by atoms with Gasteiger partial charge in [-0.1, -0.05) is 25.5 Å². The summed E-state index contributed by atoms with van der Waals surface area (Å²) >= 11 is 3.40. The average molecular weight is 356 g/mol. The number of nitrogens with one attached hydrogen (secondary N) is 1. The van der Waals surface area contributed by atoms with Crippen LogP contribution in [0.15, 0.2) is 22.7 Å². The van der Waals surface area contributed by atoms with Gasteiger partial charge in [0, 0.05) is 25.2 Å². The van der Waals surface area contributed by atoms with Crippen LogP contribution in [-0.4, -0.2) is 35.5 Å². The molecule has 1 atom stereocenters. The van der Waals surface area contributed by atoms with Crippen molar-refractivity contribution in [1.29, 1.82) is 0 Å². The van der Waals surface area contributed by atoms with Gasteiger partial charge < -0.3 is 5.32 Å². The van der Waals surface area contributed by atoms with Gasteiger partial charge in [0.15, 0.2) is 0 Å². The van der Waals surface area contributed by atoms with Crippen molar-refractivity contribution in [2.45, 2.75) is 38.8 Å². The average Bonchev–Trinajstić information content (AvgIpc) is 2.48. The molecule has 116 valence electrons. The third-order valence-electron chi connectivity index (χ3n) is 4.01. The lowest BCUT2D eigenvalue weighted by Gasteiger charge is -2.36. The van der Waals surface area contributed by atoms with Gasteiger partial charge in [-0.15, -0.1) is 0 Å². The molecule has 1 aromatic carbocycles. The maximum Gasteiger partial charge on any atom is 0.283 e. The number of benzene rings is 1. The van der Waals surface area contributed by atoms with Gasteiger partial charge in [-0.05, 0) is 47.4 Å². The topological polar surface area (TPSA) is 58.4 Å². The van der Waals surface area contributed by atoms with Gasteiger partial charge in [-0.25, -0.2) is 0 Å². The van der Waals surface area contributed by atoms with Gasteiger partial charge in [0.05, 0.1) is 9.40 Å². The molecule has 0 bridgehead atoms. The Kier molecular flexibility index (Phi) is 6.14. The van der Waals surface area contributed by atoms with E-state index in [-0.39, 0.29) is 10.6 Å². The minimum Gasteiger partial charge on any atom is -0.315 e. The second-order valence-corrected chi connectivity index (χ2v) is 6.23. The molecule has 1 aliphatic heterocycles. The van der Waals surface area contributed by atoms with Crippen molar-refractivity contribution < 1.29 is 4.92 Å². The third-order valence-corrected chi connectivity index (χ3v) is 4.92. The molecule has 0 spiro atoms. The Labute approximate surface area is 134 Å². The van der Waals surface area contributed by atoms with Gasteiger partial charge in [0.25, 0.3) is 5.69 Å². The van der Waals surface area contributed by atoms with Crippen LogP contribution in [0.4, 0.5) is 5.69 Å². The number of likely N-dealkylation sites (tertiary alicyclic amines) is 1. The van der Waals surface area contributed by atoms with E-state index in [1.54, 1.807) is 12.1 Å². The van der Waals surface area contributed by atoms with E-state index >= 15 is 0 Å². The highest BCUT2D eigenvalue weighted by molar-refractivity contribution is 9.10. The molecule has 0 radical (unpaired) electrons. The molecule has 0 saturated carbocycles. The van der Waals surface area contributed by atoms with E-state index in [1.165, 1.54) is 19.3 Å². The van der Waals surface area contributed by atoms with Crippen molar-refractivity contribution in [2.24, 2.45) is 0 Å². The highest BCUT2D eigenvalue weighted by Crippen LogP contribution is 2.30. The maximum atomic E-state index is 11.0. The zero-order valence-corrected chi connectivity index (χ0v) is 13.9. The van der Waals surface area contributed by atoms with Gasteiger partial charge in [0.2, 0.25) is 0 Å². The fourth-order valence-corrected chi connectivity index (χ4v) is 3.39. The molecule has 5 nitrogen and oxygen atoms in total. The standard InChI is InChI=1S/C15H22BrN3O2/c1-2-17-10-13-7-3-4-9-18(13)11-12-6-5-8-14(15(12)16)19(20)21/h5-6,8,13,17H,2-4,7,9-11H2,1H3. The van der Waals surface area contributed by atoms with Crippen molar-refractivity contribution in [1.82, 2.24) is 10.2 Å². The molecule has 1 fully saturated rings. The number of rotatable bonds is 6. The van der Waals surface area contributed by atoms with Gasteiger partial charge in [-0.3, -0.25) is 15.0 Å². The highest BCUT2D eigenvalue weighted by atomic mass is 79.9. The van der Waals surface area contributed by atoms with Crippen LogP contribution in [0.1, 0.15) is 31.7 Å². The molecule has 1 aromatic rings. The van der Waals surface area contributed by atoms with Gasteiger partial charge in [0.1, 0.15) is 0 Å². The number of piperidine rings is 1. The summed E-state index contributed by atoms with van der Waals surface area (Å²) in [5.74, 6) is 0. The SMILES string of the molecule is CCNCC1CCCCN1Cc1cccc([N+](=O)[O-])c1Br. The van der Waals surface area contributed by atoms with Crippen LogP contribution in [-0.2, 0) is 6.54 Å². The van der Waals surface area contributed by atoms with Gasteiger partial charge >= 0.3 is 0 Å². The van der Waals surface area contributed by atoms with E-state index in [9.17, 15) is 10.1 Å². The molecular weight excluding hydrogens is 334 g/mol. The van der Waals surface area contributed by atoms with E-state index in [1.807, 2.05) is 6.07 Å². The van der Waals surface area contributed by atoms with E-state index in [4.69, 9.17) is 0 Å². The van der Waals surface area contributed by atoms with Crippen LogP contribution in [0.25, 0.3) is 0 Å². The Hall–Kier alpha value is -0.980. The molecular formula is C15H22BrN3O2. The number of hydrogen-bond donors (Lipinski definition) is 1. The van der Waals surface area contributed by atoms with Crippen LogP contribution in [0, 0.1) is 10.1 Å². The normalized spacial score (nSPS) is 19.6. The fraction of sp³-hybridized carbons (Fsp3) is 0.600. The van der Waals surface area contributed by atoms with E-state index in [0.29, 0.717) is 10.5 Å². The van der Waals surface area contributed by atoms with Crippen molar-refractivity contribution in [3.63, 3.8) is 0 Å². The highest BCUT2D eigenvalue weighted by Gasteiger charge is 2.24. The molecule has 1 saturated heterocycles. The summed E-state index contributed by atoms with van der Waals surface area (Å²) in [6.45, 7) is 5.90. The second-order valence-electron chi connectivity index (χ2n) is 5.44. The minimum absolute atomic E-state index is 0.146. The summed E-state index contributed by atoms with van der Waals surface area (Å²) in [6, 6.07) is 5.79. The van der Waals surface area contributed by atoms with E-state index in [2.05, 4.69) is 33.1 Å². The first-order valence-corrected chi connectivity index (χ1v) is 8.29. The number of halogens is 1. The zero-order chi connectivity index (χ0) is 15.2. The van der Waals surface area contributed by atoms with Gasteiger partial charge in [-0.2, -0.15) is 0 Å². The molecule has 0 aliphatic carbocycles. The number of nitro groups is 1. The Morgan fingerprint density at radius 3 is 3.00 bits per heavy atom. The molecule has 1 N–H and O–H groups in total. The van der Waals surface area contributed by atoms with Crippen LogP contribution >= 0.6 is 15.9 Å².